The van der Waals surface area contributed by atoms with E-state index in [0.717, 1.165) is 17.5 Å². The molecule has 0 radical (unpaired) electrons. The monoisotopic (exact) mass is 392 g/mol. The molecule has 1 atom stereocenters. The van der Waals surface area contributed by atoms with Crippen LogP contribution >= 0.6 is 11.6 Å². The summed E-state index contributed by atoms with van der Waals surface area (Å²) in [5, 5.41) is 3.19. The first-order valence-corrected chi connectivity index (χ1v) is 10.3. The molecule has 1 aliphatic heterocycles. The summed E-state index contributed by atoms with van der Waals surface area (Å²) in [6, 6.07) is 12.0. The number of carbonyl (C=O) groups excluding carboxylic acids is 1. The average molecular weight is 393 g/mol. The molecule has 1 aliphatic rings. The summed E-state index contributed by atoms with van der Waals surface area (Å²) >= 11 is 6.31. The Morgan fingerprint density at radius 2 is 1.96 bits per heavy atom. The summed E-state index contributed by atoms with van der Waals surface area (Å²) in [6.45, 7) is 3.61. The van der Waals surface area contributed by atoms with Gasteiger partial charge in [-0.2, -0.15) is 4.31 Å². The number of amides is 1. The lowest BCUT2D eigenvalue weighted by Crippen LogP contribution is -2.31. The molecule has 5 nitrogen and oxygen atoms in total. The van der Waals surface area contributed by atoms with Gasteiger partial charge in [0.25, 0.3) is 0 Å². The number of nitrogens with zero attached hydrogens (tertiary/aromatic N) is 1. The van der Waals surface area contributed by atoms with E-state index in [1.807, 2.05) is 25.1 Å². The summed E-state index contributed by atoms with van der Waals surface area (Å²) in [5.41, 5.74) is 1.92. The molecule has 1 amide bonds. The Kier molecular flexibility index (Phi) is 5.37. The third-order valence-electron chi connectivity index (χ3n) is 4.50. The van der Waals surface area contributed by atoms with Crippen LogP contribution in [0.3, 0.4) is 0 Å². The molecule has 1 heterocycles. The summed E-state index contributed by atoms with van der Waals surface area (Å²) in [4.78, 5) is 11.6. The fourth-order valence-electron chi connectivity index (χ4n) is 3.35. The Hall–Kier alpha value is -1.89. The van der Waals surface area contributed by atoms with Crippen LogP contribution < -0.4 is 5.32 Å². The minimum Gasteiger partial charge on any atom is -0.325 e. The van der Waals surface area contributed by atoms with Crippen molar-refractivity contribution in [2.45, 2.75) is 37.6 Å². The van der Waals surface area contributed by atoms with Crippen LogP contribution in [-0.2, 0) is 14.8 Å². The standard InChI is InChI=1S/C19H21ClN2O3S/c1-13-9-10-17(21-14(2)23)19(12-13)26(24,25)22-11-5-8-18(22)15-6-3-4-7-16(15)20/h3-4,6-7,9-10,12,18H,5,8,11H2,1-2H3,(H,21,23)/t18-/m1/s1. The molecule has 3 rings (SSSR count). The summed E-state index contributed by atoms with van der Waals surface area (Å²) in [7, 11) is -3.79. The Bertz CT molecular complexity index is 944. The molecule has 1 fully saturated rings. The van der Waals surface area contributed by atoms with E-state index in [-0.39, 0.29) is 16.8 Å². The van der Waals surface area contributed by atoms with E-state index in [9.17, 15) is 13.2 Å². The lowest BCUT2D eigenvalue weighted by Gasteiger charge is -2.26. The molecule has 2 aromatic rings. The van der Waals surface area contributed by atoms with Crippen molar-refractivity contribution in [1.29, 1.82) is 0 Å². The molecule has 0 bridgehead atoms. The summed E-state index contributed by atoms with van der Waals surface area (Å²) in [5.74, 6) is -0.311. The van der Waals surface area contributed by atoms with Gasteiger partial charge in [0, 0.05) is 18.5 Å². The smallest absolute Gasteiger partial charge is 0.245 e. The SMILES string of the molecule is CC(=O)Nc1ccc(C)cc1S(=O)(=O)N1CCC[C@@H]1c1ccccc1Cl. The van der Waals surface area contributed by atoms with Gasteiger partial charge in [-0.25, -0.2) is 8.42 Å². The van der Waals surface area contributed by atoms with E-state index in [2.05, 4.69) is 5.32 Å². The Morgan fingerprint density at radius 1 is 1.23 bits per heavy atom. The maximum atomic E-state index is 13.4. The van der Waals surface area contributed by atoms with E-state index < -0.39 is 10.0 Å². The largest absolute Gasteiger partial charge is 0.325 e. The predicted octanol–water partition coefficient (Wildman–Crippen LogP) is 4.13. The second-order valence-electron chi connectivity index (χ2n) is 6.48. The highest BCUT2D eigenvalue weighted by atomic mass is 35.5. The fraction of sp³-hybridized carbons (Fsp3) is 0.316. The number of halogens is 1. The van der Waals surface area contributed by atoms with Gasteiger partial charge in [0.2, 0.25) is 15.9 Å². The number of aryl methyl sites for hydroxylation is 1. The first-order valence-electron chi connectivity index (χ1n) is 8.45. The van der Waals surface area contributed by atoms with E-state index in [0.29, 0.717) is 23.7 Å². The van der Waals surface area contributed by atoms with Gasteiger partial charge < -0.3 is 5.32 Å². The Labute approximate surface area is 159 Å². The van der Waals surface area contributed by atoms with Crippen molar-refractivity contribution in [1.82, 2.24) is 4.31 Å². The number of carbonyl (C=O) groups is 1. The van der Waals surface area contributed by atoms with Crippen molar-refractivity contribution in [3.8, 4) is 0 Å². The number of hydrogen-bond donors (Lipinski definition) is 1. The lowest BCUT2D eigenvalue weighted by molar-refractivity contribution is -0.114. The number of rotatable bonds is 4. The van der Waals surface area contributed by atoms with Gasteiger partial charge in [-0.3, -0.25) is 4.79 Å². The number of sulfonamides is 1. The van der Waals surface area contributed by atoms with Crippen LogP contribution in [0, 0.1) is 6.92 Å². The highest BCUT2D eigenvalue weighted by molar-refractivity contribution is 7.89. The molecule has 0 unspecified atom stereocenters. The maximum absolute atomic E-state index is 13.4. The summed E-state index contributed by atoms with van der Waals surface area (Å²) in [6.07, 6.45) is 1.47. The Balaban J connectivity index is 2.06. The van der Waals surface area contributed by atoms with Crippen LogP contribution in [0.25, 0.3) is 0 Å². The molecule has 138 valence electrons. The topological polar surface area (TPSA) is 66.5 Å². The number of anilines is 1. The highest BCUT2D eigenvalue weighted by Gasteiger charge is 2.38. The molecule has 2 aromatic carbocycles. The molecule has 0 saturated carbocycles. The Morgan fingerprint density at radius 3 is 2.65 bits per heavy atom. The molecular formula is C19H21ClN2O3S. The molecule has 1 saturated heterocycles. The average Bonchev–Trinajstić information content (AvgIpc) is 3.06. The fourth-order valence-corrected chi connectivity index (χ4v) is 5.52. The highest BCUT2D eigenvalue weighted by Crippen LogP contribution is 2.40. The van der Waals surface area contributed by atoms with Crippen LogP contribution in [0.1, 0.15) is 36.9 Å². The van der Waals surface area contributed by atoms with Gasteiger partial charge in [-0.15, -0.1) is 0 Å². The maximum Gasteiger partial charge on any atom is 0.245 e. The first kappa shape index (κ1) is 18.9. The van der Waals surface area contributed by atoms with Crippen LogP contribution in [0.2, 0.25) is 5.02 Å². The second-order valence-corrected chi connectivity index (χ2v) is 8.74. The first-order chi connectivity index (χ1) is 12.3. The van der Waals surface area contributed by atoms with Crippen molar-refractivity contribution in [3.63, 3.8) is 0 Å². The quantitative estimate of drug-likeness (QED) is 0.850. The zero-order chi connectivity index (χ0) is 18.9. The van der Waals surface area contributed by atoms with Crippen LogP contribution in [-0.4, -0.2) is 25.2 Å². The van der Waals surface area contributed by atoms with Crippen molar-refractivity contribution >= 4 is 33.2 Å². The summed E-state index contributed by atoms with van der Waals surface area (Å²) < 4.78 is 28.3. The molecule has 1 N–H and O–H groups in total. The van der Waals surface area contributed by atoms with Gasteiger partial charge in [0.1, 0.15) is 4.90 Å². The minimum atomic E-state index is -3.79. The van der Waals surface area contributed by atoms with Gasteiger partial charge >= 0.3 is 0 Å². The number of hydrogen-bond acceptors (Lipinski definition) is 3. The zero-order valence-electron chi connectivity index (χ0n) is 14.7. The van der Waals surface area contributed by atoms with Crippen molar-refractivity contribution in [3.05, 3.63) is 58.6 Å². The third-order valence-corrected chi connectivity index (χ3v) is 6.79. The van der Waals surface area contributed by atoms with Crippen molar-refractivity contribution in [2.75, 3.05) is 11.9 Å². The normalized spacial score (nSPS) is 18.0. The number of benzene rings is 2. The lowest BCUT2D eigenvalue weighted by atomic mass is 10.1. The molecule has 26 heavy (non-hydrogen) atoms. The van der Waals surface area contributed by atoms with Crippen LogP contribution in [0.15, 0.2) is 47.4 Å². The molecule has 0 aliphatic carbocycles. The van der Waals surface area contributed by atoms with Crippen LogP contribution in [0.5, 0.6) is 0 Å². The van der Waals surface area contributed by atoms with E-state index in [1.165, 1.54) is 11.2 Å². The van der Waals surface area contributed by atoms with Gasteiger partial charge in [0.15, 0.2) is 0 Å². The molecule has 0 spiro atoms. The third kappa shape index (κ3) is 3.63. The van der Waals surface area contributed by atoms with Gasteiger partial charge in [0.05, 0.1) is 11.7 Å². The van der Waals surface area contributed by atoms with Crippen molar-refractivity contribution in [2.24, 2.45) is 0 Å². The molecule has 0 aromatic heterocycles. The van der Waals surface area contributed by atoms with Crippen molar-refractivity contribution < 1.29 is 13.2 Å². The number of nitrogens with one attached hydrogen (secondary N) is 1. The predicted molar refractivity (Wildman–Crippen MR) is 103 cm³/mol. The van der Waals surface area contributed by atoms with Gasteiger partial charge in [-0.05, 0) is 49.1 Å². The zero-order valence-corrected chi connectivity index (χ0v) is 16.3. The van der Waals surface area contributed by atoms with Crippen LogP contribution in [0.4, 0.5) is 5.69 Å². The molecule has 7 heteroatoms. The van der Waals surface area contributed by atoms with E-state index in [4.69, 9.17) is 11.6 Å². The van der Waals surface area contributed by atoms with E-state index in [1.54, 1.807) is 24.3 Å². The second kappa shape index (κ2) is 7.39. The molecular weight excluding hydrogens is 372 g/mol. The minimum absolute atomic E-state index is 0.117. The van der Waals surface area contributed by atoms with Gasteiger partial charge in [-0.1, -0.05) is 35.9 Å². The van der Waals surface area contributed by atoms with E-state index >= 15 is 0 Å².